The Morgan fingerprint density at radius 2 is 2.26 bits per heavy atom. The van der Waals surface area contributed by atoms with E-state index in [1.54, 1.807) is 6.07 Å². The molecule has 0 saturated carbocycles. The molecule has 0 aliphatic carbocycles. The maximum absolute atomic E-state index is 10.4. The number of hydrogen-bond acceptors (Lipinski definition) is 5. The van der Waals surface area contributed by atoms with Gasteiger partial charge in [-0.05, 0) is 26.1 Å². The topological polar surface area (TPSA) is 76.5 Å². The van der Waals surface area contributed by atoms with Gasteiger partial charge in [0.25, 0.3) is 0 Å². The number of aromatic nitrogens is 2. The minimum atomic E-state index is -0.580. The molecule has 0 radical (unpaired) electrons. The highest BCUT2D eigenvalue weighted by molar-refractivity contribution is 5.23. The Hall–Kier alpha value is -1.11. The molecule has 0 unspecified atom stereocenters. The third-order valence-corrected chi connectivity index (χ3v) is 3.58. The molecule has 1 aliphatic heterocycles. The first-order valence-corrected chi connectivity index (χ1v) is 6.85. The van der Waals surface area contributed by atoms with Crippen LogP contribution in [0.2, 0.25) is 0 Å². The molecule has 1 saturated heterocycles. The Kier molecular flexibility index (Phi) is 4.79. The standard InChI is InChI=1S/C13H24N4O2/c1-16(11-13(18)4-9-19-10-5-13)6-2-7-17-8-3-12(14)15-17/h3,8,18H,2,4-7,9-11H2,1H3,(H2,14,15). The van der Waals surface area contributed by atoms with Gasteiger partial charge in [0, 0.05) is 45.3 Å². The van der Waals surface area contributed by atoms with Crippen molar-refractivity contribution < 1.29 is 9.84 Å². The van der Waals surface area contributed by atoms with Gasteiger partial charge in [-0.15, -0.1) is 0 Å². The van der Waals surface area contributed by atoms with E-state index in [1.807, 2.05) is 17.9 Å². The second-order valence-corrected chi connectivity index (χ2v) is 5.43. The highest BCUT2D eigenvalue weighted by Gasteiger charge is 2.30. The zero-order valence-electron chi connectivity index (χ0n) is 11.6. The number of nitrogens with two attached hydrogens (primary N) is 1. The quantitative estimate of drug-likeness (QED) is 0.777. The fourth-order valence-electron chi connectivity index (χ4n) is 2.50. The molecule has 1 aromatic rings. The molecular formula is C13H24N4O2. The summed E-state index contributed by atoms with van der Waals surface area (Å²) in [6.45, 7) is 3.82. The summed E-state index contributed by atoms with van der Waals surface area (Å²) in [4.78, 5) is 2.18. The molecule has 0 spiro atoms. The van der Waals surface area contributed by atoms with Crippen molar-refractivity contribution in [1.29, 1.82) is 0 Å². The molecule has 0 bridgehead atoms. The van der Waals surface area contributed by atoms with Crippen LogP contribution in [0.25, 0.3) is 0 Å². The number of aryl methyl sites for hydroxylation is 1. The van der Waals surface area contributed by atoms with Crippen molar-refractivity contribution in [2.24, 2.45) is 0 Å². The molecule has 6 heteroatoms. The molecule has 19 heavy (non-hydrogen) atoms. The summed E-state index contributed by atoms with van der Waals surface area (Å²) >= 11 is 0. The summed E-state index contributed by atoms with van der Waals surface area (Å²) in [5.41, 5.74) is 4.98. The van der Waals surface area contributed by atoms with Crippen molar-refractivity contribution in [2.45, 2.75) is 31.4 Å². The SMILES string of the molecule is CN(CCCn1ccc(N)n1)CC1(O)CCOCC1. The van der Waals surface area contributed by atoms with Gasteiger partial charge in [-0.3, -0.25) is 4.68 Å². The number of anilines is 1. The molecule has 108 valence electrons. The maximum atomic E-state index is 10.4. The predicted octanol–water partition coefficient (Wildman–Crippen LogP) is 0.329. The summed E-state index contributed by atoms with van der Waals surface area (Å²) in [5, 5.41) is 14.6. The number of ether oxygens (including phenoxy) is 1. The molecule has 0 amide bonds. The van der Waals surface area contributed by atoms with Gasteiger partial charge in [-0.2, -0.15) is 5.10 Å². The van der Waals surface area contributed by atoms with Crippen molar-refractivity contribution in [3.8, 4) is 0 Å². The van der Waals surface area contributed by atoms with Gasteiger partial charge in [0.05, 0.1) is 5.60 Å². The lowest BCUT2D eigenvalue weighted by molar-refractivity contribution is -0.0769. The minimum absolute atomic E-state index is 0.560. The molecule has 0 aromatic carbocycles. The average molecular weight is 268 g/mol. The fraction of sp³-hybridized carbons (Fsp3) is 0.769. The third-order valence-electron chi connectivity index (χ3n) is 3.58. The van der Waals surface area contributed by atoms with Crippen LogP contribution in [0.4, 0.5) is 5.82 Å². The van der Waals surface area contributed by atoms with Crippen LogP contribution in [0.15, 0.2) is 12.3 Å². The Bertz CT molecular complexity index is 388. The van der Waals surface area contributed by atoms with E-state index < -0.39 is 5.60 Å². The lowest BCUT2D eigenvalue weighted by Gasteiger charge is -2.35. The van der Waals surface area contributed by atoms with Crippen LogP contribution in [-0.2, 0) is 11.3 Å². The number of nitrogens with zero attached hydrogens (tertiary/aromatic N) is 3. The Balaban J connectivity index is 1.68. The van der Waals surface area contributed by atoms with E-state index in [4.69, 9.17) is 10.5 Å². The first kappa shape index (κ1) is 14.3. The van der Waals surface area contributed by atoms with E-state index in [0.29, 0.717) is 25.6 Å². The van der Waals surface area contributed by atoms with E-state index >= 15 is 0 Å². The maximum Gasteiger partial charge on any atom is 0.145 e. The van der Waals surface area contributed by atoms with E-state index in [2.05, 4.69) is 10.00 Å². The smallest absolute Gasteiger partial charge is 0.145 e. The highest BCUT2D eigenvalue weighted by atomic mass is 16.5. The van der Waals surface area contributed by atoms with E-state index in [1.165, 1.54) is 0 Å². The van der Waals surface area contributed by atoms with Gasteiger partial charge in [0.2, 0.25) is 0 Å². The lowest BCUT2D eigenvalue weighted by Crippen LogP contribution is -2.45. The molecular weight excluding hydrogens is 244 g/mol. The van der Waals surface area contributed by atoms with Crippen LogP contribution in [0.3, 0.4) is 0 Å². The molecule has 3 N–H and O–H groups in total. The molecule has 0 atom stereocenters. The van der Waals surface area contributed by atoms with E-state index in [-0.39, 0.29) is 0 Å². The van der Waals surface area contributed by atoms with Gasteiger partial charge in [0.1, 0.15) is 5.82 Å². The van der Waals surface area contributed by atoms with Gasteiger partial charge in [0.15, 0.2) is 0 Å². The van der Waals surface area contributed by atoms with Gasteiger partial charge < -0.3 is 20.5 Å². The number of aliphatic hydroxyl groups is 1. The van der Waals surface area contributed by atoms with Crippen LogP contribution in [-0.4, -0.2) is 58.7 Å². The summed E-state index contributed by atoms with van der Waals surface area (Å²) in [5.74, 6) is 0.560. The molecule has 6 nitrogen and oxygen atoms in total. The summed E-state index contributed by atoms with van der Waals surface area (Å²) in [7, 11) is 2.05. The number of likely N-dealkylation sites (N-methyl/N-ethyl adjacent to an activating group) is 1. The van der Waals surface area contributed by atoms with Crippen molar-refractivity contribution in [1.82, 2.24) is 14.7 Å². The van der Waals surface area contributed by atoms with Crippen molar-refractivity contribution in [3.05, 3.63) is 12.3 Å². The first-order chi connectivity index (χ1) is 9.07. The molecule has 1 aromatic heterocycles. The minimum Gasteiger partial charge on any atom is -0.388 e. The van der Waals surface area contributed by atoms with Crippen LogP contribution >= 0.6 is 0 Å². The summed E-state index contributed by atoms with van der Waals surface area (Å²) in [6.07, 6.45) is 4.34. The number of hydrogen-bond donors (Lipinski definition) is 2. The predicted molar refractivity (Wildman–Crippen MR) is 73.8 cm³/mol. The molecule has 1 fully saturated rings. The monoisotopic (exact) mass is 268 g/mol. The molecule has 2 heterocycles. The molecule has 2 rings (SSSR count). The van der Waals surface area contributed by atoms with Crippen molar-refractivity contribution >= 4 is 5.82 Å². The van der Waals surface area contributed by atoms with Crippen LogP contribution < -0.4 is 5.73 Å². The van der Waals surface area contributed by atoms with Crippen LogP contribution in [0.1, 0.15) is 19.3 Å². The molecule has 1 aliphatic rings. The number of nitrogen functional groups attached to an aromatic ring is 1. The Morgan fingerprint density at radius 1 is 1.53 bits per heavy atom. The second kappa shape index (κ2) is 6.36. The van der Waals surface area contributed by atoms with Gasteiger partial charge in [-0.1, -0.05) is 0 Å². The van der Waals surface area contributed by atoms with E-state index in [0.717, 1.165) is 32.4 Å². The first-order valence-electron chi connectivity index (χ1n) is 6.85. The highest BCUT2D eigenvalue weighted by Crippen LogP contribution is 2.21. The average Bonchev–Trinajstić information content (AvgIpc) is 2.75. The Morgan fingerprint density at radius 3 is 2.89 bits per heavy atom. The normalized spacial score (nSPS) is 18.9. The van der Waals surface area contributed by atoms with Crippen LogP contribution in [0, 0.1) is 0 Å². The summed E-state index contributed by atoms with van der Waals surface area (Å²) in [6, 6.07) is 1.80. The van der Waals surface area contributed by atoms with E-state index in [9.17, 15) is 5.11 Å². The van der Waals surface area contributed by atoms with Crippen LogP contribution in [0.5, 0.6) is 0 Å². The number of rotatable bonds is 6. The van der Waals surface area contributed by atoms with Crippen molar-refractivity contribution in [3.63, 3.8) is 0 Å². The largest absolute Gasteiger partial charge is 0.388 e. The zero-order chi connectivity index (χ0) is 13.7. The second-order valence-electron chi connectivity index (χ2n) is 5.43. The lowest BCUT2D eigenvalue weighted by atomic mass is 9.94. The van der Waals surface area contributed by atoms with Gasteiger partial charge >= 0.3 is 0 Å². The third kappa shape index (κ3) is 4.49. The fourth-order valence-corrected chi connectivity index (χ4v) is 2.50. The zero-order valence-corrected chi connectivity index (χ0v) is 11.6. The summed E-state index contributed by atoms with van der Waals surface area (Å²) < 4.78 is 7.14. The Labute approximate surface area is 114 Å². The van der Waals surface area contributed by atoms with Gasteiger partial charge in [-0.25, -0.2) is 0 Å². The van der Waals surface area contributed by atoms with Crippen molar-refractivity contribution in [2.75, 3.05) is 39.1 Å².